The van der Waals surface area contributed by atoms with Gasteiger partial charge in [-0.05, 0) is 54.3 Å². The summed E-state index contributed by atoms with van der Waals surface area (Å²) in [6.07, 6.45) is 1.04. The fourth-order valence-electron chi connectivity index (χ4n) is 2.61. The molecule has 0 aromatic heterocycles. The number of nitrogens with one attached hydrogen (secondary N) is 1. The highest BCUT2D eigenvalue weighted by atomic mass is 79.9. The number of aryl methyl sites for hydroxylation is 2. The van der Waals surface area contributed by atoms with E-state index in [2.05, 4.69) is 94.3 Å². The highest BCUT2D eigenvalue weighted by Gasteiger charge is 2.19. The minimum absolute atomic E-state index is 0.206. The van der Waals surface area contributed by atoms with Crippen LogP contribution >= 0.6 is 31.9 Å². The minimum atomic E-state index is 0.206. The number of hydrogen-bond acceptors (Lipinski definition) is 1. The molecule has 0 fully saturated rings. The minimum Gasteiger partial charge on any atom is -0.306 e. The van der Waals surface area contributed by atoms with Gasteiger partial charge in [0.1, 0.15) is 0 Å². The molecule has 0 aliphatic carbocycles. The monoisotopic (exact) mass is 409 g/mol. The van der Waals surface area contributed by atoms with Crippen molar-refractivity contribution in [1.82, 2.24) is 5.32 Å². The van der Waals surface area contributed by atoms with Crippen LogP contribution in [0.4, 0.5) is 0 Å². The third-order valence-corrected chi connectivity index (χ3v) is 5.29. The van der Waals surface area contributed by atoms with Crippen LogP contribution in [-0.2, 0) is 6.42 Å². The highest BCUT2D eigenvalue weighted by molar-refractivity contribution is 9.11. The van der Waals surface area contributed by atoms with Crippen LogP contribution in [0.25, 0.3) is 0 Å². The first kappa shape index (κ1) is 16.7. The maximum atomic E-state index is 3.73. The average Bonchev–Trinajstić information content (AvgIpc) is 2.49. The van der Waals surface area contributed by atoms with E-state index in [1.807, 2.05) is 0 Å². The molecular formula is C18H21Br2N. The Labute approximate surface area is 144 Å². The molecule has 1 nitrogen and oxygen atoms in total. The zero-order chi connectivity index (χ0) is 15.4. The van der Waals surface area contributed by atoms with E-state index in [0.29, 0.717) is 0 Å². The molecule has 0 saturated heterocycles. The Balaban J connectivity index is 2.56. The second-order valence-electron chi connectivity index (χ2n) is 5.17. The number of hydrogen-bond donors (Lipinski definition) is 1. The summed E-state index contributed by atoms with van der Waals surface area (Å²) in [4.78, 5) is 0. The van der Waals surface area contributed by atoms with E-state index in [4.69, 9.17) is 0 Å². The second kappa shape index (κ2) is 7.57. The second-order valence-corrected chi connectivity index (χ2v) is 6.87. The van der Waals surface area contributed by atoms with Crippen molar-refractivity contribution < 1.29 is 0 Å². The molecule has 0 amide bonds. The fourth-order valence-corrected chi connectivity index (χ4v) is 3.66. The van der Waals surface area contributed by atoms with Crippen LogP contribution < -0.4 is 5.32 Å². The summed E-state index contributed by atoms with van der Waals surface area (Å²) < 4.78 is 2.30. The Bertz CT molecular complexity index is 623. The molecule has 3 heteroatoms. The third-order valence-electron chi connectivity index (χ3n) is 3.74. The predicted molar refractivity (Wildman–Crippen MR) is 97.9 cm³/mol. The van der Waals surface area contributed by atoms with Gasteiger partial charge in [0.2, 0.25) is 0 Å². The van der Waals surface area contributed by atoms with Crippen LogP contribution in [0, 0.1) is 6.92 Å². The molecule has 1 N–H and O–H groups in total. The first-order chi connectivity index (χ1) is 10.1. The van der Waals surface area contributed by atoms with Gasteiger partial charge in [0, 0.05) is 8.95 Å². The summed E-state index contributed by atoms with van der Waals surface area (Å²) in [6.45, 7) is 7.40. The van der Waals surface area contributed by atoms with Crippen LogP contribution in [0.3, 0.4) is 0 Å². The summed E-state index contributed by atoms with van der Waals surface area (Å²) >= 11 is 7.39. The van der Waals surface area contributed by atoms with Crippen LogP contribution in [-0.4, -0.2) is 6.54 Å². The van der Waals surface area contributed by atoms with Crippen molar-refractivity contribution in [3.63, 3.8) is 0 Å². The molecule has 0 bridgehead atoms. The fraction of sp³-hybridized carbons (Fsp3) is 0.333. The Hall–Kier alpha value is -0.640. The molecule has 0 heterocycles. The van der Waals surface area contributed by atoms with Crippen LogP contribution in [0.15, 0.2) is 45.3 Å². The summed E-state index contributed by atoms with van der Waals surface area (Å²) in [6, 6.07) is 13.3. The molecule has 0 aliphatic heterocycles. The molecule has 1 atom stereocenters. The quantitative estimate of drug-likeness (QED) is 0.658. The van der Waals surface area contributed by atoms with Gasteiger partial charge in [-0.15, -0.1) is 0 Å². The van der Waals surface area contributed by atoms with Gasteiger partial charge >= 0.3 is 0 Å². The Morgan fingerprint density at radius 3 is 2.38 bits per heavy atom. The SMILES string of the molecule is CCNC(c1cc(Br)c(C)cc1Br)c1ccccc1CC. The summed E-state index contributed by atoms with van der Waals surface area (Å²) in [7, 11) is 0. The van der Waals surface area contributed by atoms with E-state index in [-0.39, 0.29) is 6.04 Å². The summed E-state index contributed by atoms with van der Waals surface area (Å²) in [5.41, 5.74) is 5.27. The van der Waals surface area contributed by atoms with Crippen molar-refractivity contribution >= 4 is 31.9 Å². The van der Waals surface area contributed by atoms with Crippen molar-refractivity contribution in [2.45, 2.75) is 33.2 Å². The molecule has 2 rings (SSSR count). The van der Waals surface area contributed by atoms with Gasteiger partial charge in [0.25, 0.3) is 0 Å². The van der Waals surface area contributed by atoms with Crippen LogP contribution in [0.5, 0.6) is 0 Å². The molecule has 0 aliphatic rings. The van der Waals surface area contributed by atoms with Crippen molar-refractivity contribution in [3.8, 4) is 0 Å². The van der Waals surface area contributed by atoms with E-state index in [0.717, 1.165) is 21.9 Å². The van der Waals surface area contributed by atoms with Crippen LogP contribution in [0.1, 0.15) is 42.1 Å². The standard InChI is InChI=1S/C18H21Br2N/c1-4-13-8-6-7-9-14(13)18(21-5-2)15-11-16(19)12(3)10-17(15)20/h6-11,18,21H,4-5H2,1-3H3. The lowest BCUT2D eigenvalue weighted by molar-refractivity contribution is 0.623. The molecule has 1 unspecified atom stereocenters. The molecule has 0 saturated carbocycles. The van der Waals surface area contributed by atoms with Gasteiger partial charge in [-0.1, -0.05) is 70.0 Å². The van der Waals surface area contributed by atoms with Crippen molar-refractivity contribution in [2.24, 2.45) is 0 Å². The number of rotatable bonds is 5. The molecule has 2 aromatic rings. The number of halogens is 2. The van der Waals surface area contributed by atoms with Crippen molar-refractivity contribution in [2.75, 3.05) is 6.54 Å². The molecule has 21 heavy (non-hydrogen) atoms. The van der Waals surface area contributed by atoms with Crippen LogP contribution in [0.2, 0.25) is 0 Å². The first-order valence-electron chi connectivity index (χ1n) is 7.35. The largest absolute Gasteiger partial charge is 0.306 e. The van der Waals surface area contributed by atoms with E-state index in [1.165, 1.54) is 22.3 Å². The Morgan fingerprint density at radius 1 is 1.00 bits per heavy atom. The van der Waals surface area contributed by atoms with Crippen molar-refractivity contribution in [3.05, 3.63) is 67.6 Å². The maximum absolute atomic E-state index is 3.73. The first-order valence-corrected chi connectivity index (χ1v) is 8.93. The molecule has 0 radical (unpaired) electrons. The topological polar surface area (TPSA) is 12.0 Å². The zero-order valence-corrected chi connectivity index (χ0v) is 15.9. The van der Waals surface area contributed by atoms with Gasteiger partial charge in [-0.25, -0.2) is 0 Å². The third kappa shape index (κ3) is 3.77. The van der Waals surface area contributed by atoms with Crippen molar-refractivity contribution in [1.29, 1.82) is 0 Å². The molecule has 112 valence electrons. The van der Waals surface area contributed by atoms with Gasteiger partial charge in [0.05, 0.1) is 6.04 Å². The lowest BCUT2D eigenvalue weighted by atomic mass is 9.93. The van der Waals surface area contributed by atoms with E-state index in [1.54, 1.807) is 0 Å². The Morgan fingerprint density at radius 2 is 1.71 bits per heavy atom. The zero-order valence-electron chi connectivity index (χ0n) is 12.7. The lowest BCUT2D eigenvalue weighted by Crippen LogP contribution is -2.23. The van der Waals surface area contributed by atoms with Gasteiger partial charge in [0.15, 0.2) is 0 Å². The van der Waals surface area contributed by atoms with Gasteiger partial charge in [-0.3, -0.25) is 0 Å². The smallest absolute Gasteiger partial charge is 0.0590 e. The molecule has 0 spiro atoms. The molecule has 2 aromatic carbocycles. The average molecular weight is 411 g/mol. The normalized spacial score (nSPS) is 12.4. The maximum Gasteiger partial charge on any atom is 0.0590 e. The summed E-state index contributed by atoms with van der Waals surface area (Å²) in [5, 5.41) is 3.63. The van der Waals surface area contributed by atoms with E-state index < -0.39 is 0 Å². The van der Waals surface area contributed by atoms with E-state index >= 15 is 0 Å². The molecular weight excluding hydrogens is 390 g/mol. The lowest BCUT2D eigenvalue weighted by Gasteiger charge is -2.23. The summed E-state index contributed by atoms with van der Waals surface area (Å²) in [5.74, 6) is 0. The van der Waals surface area contributed by atoms with Gasteiger partial charge < -0.3 is 5.32 Å². The Kier molecular flexibility index (Phi) is 6.03. The highest BCUT2D eigenvalue weighted by Crippen LogP contribution is 2.34. The van der Waals surface area contributed by atoms with Gasteiger partial charge in [-0.2, -0.15) is 0 Å². The van der Waals surface area contributed by atoms with E-state index in [9.17, 15) is 0 Å². The number of benzene rings is 2. The predicted octanol–water partition coefficient (Wildman–Crippen LogP) is 5.78.